The van der Waals surface area contributed by atoms with Crippen molar-refractivity contribution in [3.8, 4) is 11.1 Å². The van der Waals surface area contributed by atoms with Gasteiger partial charge in [0, 0.05) is 28.0 Å². The summed E-state index contributed by atoms with van der Waals surface area (Å²) in [5, 5.41) is 2.50. The molecule has 3 atom stereocenters. The molecule has 0 saturated heterocycles. The van der Waals surface area contributed by atoms with Crippen LogP contribution >= 0.6 is 0 Å². The van der Waals surface area contributed by atoms with E-state index in [2.05, 4.69) is 204 Å². The predicted molar refractivity (Wildman–Crippen MR) is 230 cm³/mol. The molecule has 1 fully saturated rings. The monoisotopic (exact) mass is 706 g/mol. The minimum absolute atomic E-state index is 0.115. The Kier molecular flexibility index (Phi) is 7.52. The summed E-state index contributed by atoms with van der Waals surface area (Å²) in [6, 6.07) is 72.0. The van der Waals surface area contributed by atoms with Crippen LogP contribution in [0.2, 0.25) is 0 Å². The van der Waals surface area contributed by atoms with E-state index in [1.54, 1.807) is 0 Å². The van der Waals surface area contributed by atoms with Gasteiger partial charge in [-0.3, -0.25) is 0 Å². The Labute approximate surface area is 324 Å². The minimum atomic E-state index is -0.115. The standard InChI is InChI=1S/C53H42N2/c1-5-17-37(18-6-1)47-35-38-19-13-14-20-39(38)36-50(47)55(46-27-11-4-12-28-46)49-30-16-22-41-34-43-32-31-42-33-40-21-15-29-48(51(40)53(42,43)52(41)49)54(44-23-7-2-8-24-44)45-25-9-3-10-26-45/h1-30,35-36,42-43H,31-34H2. The van der Waals surface area contributed by atoms with Crippen molar-refractivity contribution in [2.24, 2.45) is 11.8 Å². The number of hydrogen-bond acceptors (Lipinski definition) is 2. The molecule has 3 aliphatic rings. The van der Waals surface area contributed by atoms with Crippen molar-refractivity contribution in [1.82, 2.24) is 0 Å². The number of hydrogen-bond donors (Lipinski definition) is 0. The Morgan fingerprint density at radius 2 is 0.818 bits per heavy atom. The summed E-state index contributed by atoms with van der Waals surface area (Å²) in [5.74, 6) is 1.07. The second kappa shape index (κ2) is 12.9. The first-order chi connectivity index (χ1) is 27.3. The van der Waals surface area contributed by atoms with E-state index in [-0.39, 0.29) is 5.41 Å². The third-order valence-corrected chi connectivity index (χ3v) is 12.9. The molecule has 0 heterocycles. The lowest BCUT2D eigenvalue weighted by atomic mass is 9.68. The number of rotatable bonds is 7. The zero-order chi connectivity index (χ0) is 36.3. The van der Waals surface area contributed by atoms with Crippen molar-refractivity contribution in [2.75, 3.05) is 9.80 Å². The molecule has 11 rings (SSSR count). The molecule has 0 amide bonds. The topological polar surface area (TPSA) is 6.48 Å². The van der Waals surface area contributed by atoms with Crippen molar-refractivity contribution >= 4 is 44.9 Å². The summed E-state index contributed by atoms with van der Waals surface area (Å²) < 4.78 is 0. The lowest BCUT2D eigenvalue weighted by Gasteiger charge is -2.40. The SMILES string of the molecule is c1ccc(-c2cc3ccccc3cc2N(c2ccccc2)c2cccc3c2C24c5c(cccc5N(c5ccccc5)c5ccccc5)CC2CCC4C3)cc1. The van der Waals surface area contributed by atoms with Crippen LogP contribution in [0.1, 0.15) is 35.1 Å². The molecule has 0 N–H and O–H groups in total. The third kappa shape index (κ3) is 4.94. The molecule has 0 aliphatic heterocycles. The molecule has 1 spiro atoms. The Balaban J connectivity index is 1.20. The van der Waals surface area contributed by atoms with Gasteiger partial charge >= 0.3 is 0 Å². The van der Waals surface area contributed by atoms with Crippen LogP contribution in [-0.2, 0) is 18.3 Å². The maximum atomic E-state index is 2.60. The molecule has 0 radical (unpaired) electrons. The fourth-order valence-corrected chi connectivity index (χ4v) is 10.9. The number of nitrogens with zero attached hydrogens (tertiary/aromatic N) is 2. The second-order valence-electron chi connectivity index (χ2n) is 15.6. The smallest absolute Gasteiger partial charge is 0.0546 e. The van der Waals surface area contributed by atoms with Gasteiger partial charge in [0.2, 0.25) is 0 Å². The molecular weight excluding hydrogens is 665 g/mol. The van der Waals surface area contributed by atoms with Crippen LogP contribution in [-0.4, -0.2) is 0 Å². The van der Waals surface area contributed by atoms with E-state index in [0.29, 0.717) is 11.8 Å². The minimum Gasteiger partial charge on any atom is -0.310 e. The predicted octanol–water partition coefficient (Wildman–Crippen LogP) is 13.9. The number of para-hydroxylation sites is 3. The summed E-state index contributed by atoms with van der Waals surface area (Å²) in [7, 11) is 0. The fraction of sp³-hybridized carbons (Fsp3) is 0.132. The highest BCUT2D eigenvalue weighted by molar-refractivity contribution is 5.99. The first-order valence-electron chi connectivity index (χ1n) is 19.9. The van der Waals surface area contributed by atoms with E-state index in [0.717, 1.165) is 12.8 Å². The molecule has 55 heavy (non-hydrogen) atoms. The van der Waals surface area contributed by atoms with Gasteiger partial charge in [-0.2, -0.15) is 0 Å². The summed E-state index contributed by atoms with van der Waals surface area (Å²) in [5.41, 5.74) is 15.8. The molecule has 3 unspecified atom stereocenters. The Hall–Kier alpha value is -6.38. The van der Waals surface area contributed by atoms with E-state index in [1.165, 1.54) is 91.1 Å². The summed E-state index contributed by atoms with van der Waals surface area (Å²) in [4.78, 5) is 5.13. The number of fused-ring (bicyclic) bond motifs is 3. The van der Waals surface area contributed by atoms with Gasteiger partial charge in [0.05, 0.1) is 17.1 Å². The molecule has 3 aliphatic carbocycles. The number of benzene rings is 8. The Morgan fingerprint density at radius 3 is 1.35 bits per heavy atom. The van der Waals surface area contributed by atoms with Gasteiger partial charge in [0.15, 0.2) is 0 Å². The zero-order valence-corrected chi connectivity index (χ0v) is 30.9. The molecule has 0 aromatic heterocycles. The van der Waals surface area contributed by atoms with Crippen LogP contribution in [0.4, 0.5) is 34.1 Å². The van der Waals surface area contributed by atoms with Gasteiger partial charge in [0.1, 0.15) is 0 Å². The average molecular weight is 707 g/mol. The van der Waals surface area contributed by atoms with Crippen molar-refractivity contribution in [3.63, 3.8) is 0 Å². The normalized spacial score (nSPS) is 19.1. The first-order valence-corrected chi connectivity index (χ1v) is 19.9. The van der Waals surface area contributed by atoms with Crippen LogP contribution in [0.5, 0.6) is 0 Å². The quantitative estimate of drug-likeness (QED) is 0.163. The van der Waals surface area contributed by atoms with E-state index < -0.39 is 0 Å². The fourth-order valence-electron chi connectivity index (χ4n) is 10.9. The highest BCUT2D eigenvalue weighted by atomic mass is 15.2. The highest BCUT2D eigenvalue weighted by Crippen LogP contribution is 2.69. The van der Waals surface area contributed by atoms with Gasteiger partial charge in [-0.1, -0.05) is 133 Å². The summed E-state index contributed by atoms with van der Waals surface area (Å²) >= 11 is 0. The third-order valence-electron chi connectivity index (χ3n) is 12.9. The van der Waals surface area contributed by atoms with E-state index >= 15 is 0 Å². The van der Waals surface area contributed by atoms with Gasteiger partial charge < -0.3 is 9.80 Å². The lowest BCUT2D eigenvalue weighted by Crippen LogP contribution is -2.34. The van der Waals surface area contributed by atoms with Crippen LogP contribution in [0, 0.1) is 11.8 Å². The summed E-state index contributed by atoms with van der Waals surface area (Å²) in [6.07, 6.45) is 4.72. The molecule has 2 heteroatoms. The van der Waals surface area contributed by atoms with Crippen LogP contribution in [0.25, 0.3) is 21.9 Å². The van der Waals surface area contributed by atoms with E-state index in [9.17, 15) is 0 Å². The highest BCUT2D eigenvalue weighted by Gasteiger charge is 2.62. The van der Waals surface area contributed by atoms with E-state index in [1.807, 2.05) is 0 Å². The van der Waals surface area contributed by atoms with E-state index in [4.69, 9.17) is 0 Å². The molecule has 8 aromatic rings. The molecular formula is C53H42N2. The van der Waals surface area contributed by atoms with Crippen molar-refractivity contribution in [1.29, 1.82) is 0 Å². The van der Waals surface area contributed by atoms with Gasteiger partial charge in [0.25, 0.3) is 0 Å². The van der Waals surface area contributed by atoms with Crippen molar-refractivity contribution < 1.29 is 0 Å². The maximum absolute atomic E-state index is 2.60. The van der Waals surface area contributed by atoms with Gasteiger partial charge in [-0.05, 0) is 137 Å². The first kappa shape index (κ1) is 32.1. The summed E-state index contributed by atoms with van der Waals surface area (Å²) in [6.45, 7) is 0. The molecule has 8 aromatic carbocycles. The second-order valence-corrected chi connectivity index (χ2v) is 15.6. The number of anilines is 6. The zero-order valence-electron chi connectivity index (χ0n) is 30.9. The van der Waals surface area contributed by atoms with Crippen LogP contribution in [0.15, 0.2) is 194 Å². The van der Waals surface area contributed by atoms with Crippen molar-refractivity contribution in [3.05, 3.63) is 216 Å². The van der Waals surface area contributed by atoms with Crippen LogP contribution in [0.3, 0.4) is 0 Å². The Morgan fingerprint density at radius 1 is 0.382 bits per heavy atom. The molecule has 0 bridgehead atoms. The largest absolute Gasteiger partial charge is 0.310 e. The van der Waals surface area contributed by atoms with Gasteiger partial charge in [-0.25, -0.2) is 0 Å². The Bertz CT molecular complexity index is 2620. The lowest BCUT2D eigenvalue weighted by molar-refractivity contribution is 0.350. The van der Waals surface area contributed by atoms with Crippen molar-refractivity contribution in [2.45, 2.75) is 31.1 Å². The van der Waals surface area contributed by atoms with Gasteiger partial charge in [-0.15, -0.1) is 0 Å². The molecule has 264 valence electrons. The van der Waals surface area contributed by atoms with Crippen LogP contribution < -0.4 is 9.80 Å². The molecule has 1 saturated carbocycles. The maximum Gasteiger partial charge on any atom is 0.0546 e. The average Bonchev–Trinajstić information content (AvgIpc) is 3.88. The molecule has 2 nitrogen and oxygen atoms in total.